The fraction of sp³-hybridized carbons (Fsp3) is 0.375. The smallest absolute Gasteiger partial charge is 0.243 e. The van der Waals surface area contributed by atoms with E-state index in [0.717, 1.165) is 17.4 Å². The molecule has 0 aliphatic rings. The van der Waals surface area contributed by atoms with E-state index in [4.69, 9.17) is 0 Å². The molecule has 0 saturated heterocycles. The van der Waals surface area contributed by atoms with Gasteiger partial charge in [-0.25, -0.2) is 12.8 Å². The minimum absolute atomic E-state index is 0.0196. The van der Waals surface area contributed by atoms with E-state index in [1.165, 1.54) is 15.3 Å². The molecule has 7 nitrogen and oxygen atoms in total. The Morgan fingerprint density at radius 1 is 0.951 bits per heavy atom. The summed E-state index contributed by atoms with van der Waals surface area (Å²) in [7, 11) is -3.60. The molecule has 0 aliphatic heterocycles. The third kappa shape index (κ3) is 9.42. The molecule has 2 amide bonds. The Balaban J connectivity index is 1.89. The van der Waals surface area contributed by atoms with Gasteiger partial charge >= 0.3 is 0 Å². The number of carbonyl (C=O) groups excluding carboxylic acids is 2. The lowest BCUT2D eigenvalue weighted by Crippen LogP contribution is -2.52. The average Bonchev–Trinajstić information content (AvgIpc) is 2.94. The van der Waals surface area contributed by atoms with Gasteiger partial charge in [0.2, 0.25) is 21.8 Å². The van der Waals surface area contributed by atoms with Crippen molar-refractivity contribution in [2.75, 3.05) is 17.1 Å². The van der Waals surface area contributed by atoms with E-state index in [2.05, 4.69) is 5.32 Å². The second-order valence-electron chi connectivity index (χ2n) is 10.4. The SMILES string of the molecule is CC[C@H](C)NC(=O)[C@@H](Cc1ccccc1)N(Cc1ccccc1F)C(=O)CCCN(c1ccc(C)cc1)S(C)(=O)=O. The highest BCUT2D eigenvalue weighted by atomic mass is 32.2. The van der Waals surface area contributed by atoms with E-state index >= 15 is 0 Å². The Labute approximate surface area is 243 Å². The molecule has 41 heavy (non-hydrogen) atoms. The summed E-state index contributed by atoms with van der Waals surface area (Å²) in [4.78, 5) is 28.8. The third-order valence-corrected chi connectivity index (χ3v) is 8.24. The number of hydrogen-bond acceptors (Lipinski definition) is 4. The maximum Gasteiger partial charge on any atom is 0.243 e. The van der Waals surface area contributed by atoms with E-state index in [1.54, 1.807) is 30.3 Å². The molecule has 1 N–H and O–H groups in total. The van der Waals surface area contributed by atoms with Gasteiger partial charge in [0, 0.05) is 37.5 Å². The first-order valence-corrected chi connectivity index (χ1v) is 15.8. The fourth-order valence-electron chi connectivity index (χ4n) is 4.52. The first kappa shape index (κ1) is 31.8. The molecule has 0 spiro atoms. The van der Waals surface area contributed by atoms with E-state index in [1.807, 2.05) is 63.2 Å². The Bertz CT molecular complexity index is 1400. The van der Waals surface area contributed by atoms with Crippen LogP contribution in [0.3, 0.4) is 0 Å². The van der Waals surface area contributed by atoms with Gasteiger partial charge in [0.25, 0.3) is 0 Å². The van der Waals surface area contributed by atoms with Crippen molar-refractivity contribution in [1.82, 2.24) is 10.2 Å². The molecule has 0 fully saturated rings. The number of benzene rings is 3. The minimum atomic E-state index is -3.60. The molecule has 0 heterocycles. The zero-order chi connectivity index (χ0) is 30.0. The van der Waals surface area contributed by atoms with Crippen LogP contribution < -0.4 is 9.62 Å². The van der Waals surface area contributed by atoms with Crippen LogP contribution in [-0.2, 0) is 32.6 Å². The number of aryl methyl sites for hydroxylation is 1. The zero-order valence-corrected chi connectivity index (χ0v) is 25.0. The van der Waals surface area contributed by atoms with Gasteiger partial charge in [0.1, 0.15) is 11.9 Å². The maximum atomic E-state index is 14.8. The van der Waals surface area contributed by atoms with Crippen LogP contribution in [0.4, 0.5) is 10.1 Å². The van der Waals surface area contributed by atoms with Gasteiger partial charge in [-0.15, -0.1) is 0 Å². The van der Waals surface area contributed by atoms with Crippen molar-refractivity contribution in [2.24, 2.45) is 0 Å². The highest BCUT2D eigenvalue weighted by Crippen LogP contribution is 2.21. The highest BCUT2D eigenvalue weighted by Gasteiger charge is 2.31. The summed E-state index contributed by atoms with van der Waals surface area (Å²) in [5.41, 5.74) is 2.68. The molecule has 0 radical (unpaired) electrons. The van der Waals surface area contributed by atoms with E-state index in [0.29, 0.717) is 17.7 Å². The number of hydrogen-bond donors (Lipinski definition) is 1. The molecule has 220 valence electrons. The van der Waals surface area contributed by atoms with Gasteiger partial charge in [0.15, 0.2) is 0 Å². The molecule has 0 saturated carbocycles. The number of carbonyl (C=O) groups is 2. The summed E-state index contributed by atoms with van der Waals surface area (Å²) in [6.45, 7) is 5.77. The summed E-state index contributed by atoms with van der Waals surface area (Å²) in [5, 5.41) is 2.99. The maximum absolute atomic E-state index is 14.8. The Hall–Kier alpha value is -3.72. The van der Waals surface area contributed by atoms with Crippen molar-refractivity contribution < 1.29 is 22.4 Å². The lowest BCUT2D eigenvalue weighted by molar-refractivity contribution is -0.141. The van der Waals surface area contributed by atoms with E-state index < -0.39 is 21.9 Å². The van der Waals surface area contributed by atoms with E-state index in [9.17, 15) is 22.4 Å². The third-order valence-electron chi connectivity index (χ3n) is 7.04. The Morgan fingerprint density at radius 3 is 2.20 bits per heavy atom. The predicted octanol–water partition coefficient (Wildman–Crippen LogP) is 5.24. The van der Waals surface area contributed by atoms with Crippen molar-refractivity contribution in [3.05, 3.63) is 101 Å². The van der Waals surface area contributed by atoms with Crippen LogP contribution >= 0.6 is 0 Å². The number of rotatable bonds is 14. The number of anilines is 1. The number of amides is 2. The van der Waals surface area contributed by atoms with Crippen molar-refractivity contribution >= 4 is 27.5 Å². The monoisotopic (exact) mass is 581 g/mol. The number of halogens is 1. The number of nitrogens with zero attached hydrogens (tertiary/aromatic N) is 2. The van der Waals surface area contributed by atoms with Crippen LogP contribution in [-0.4, -0.2) is 50.0 Å². The first-order valence-electron chi connectivity index (χ1n) is 13.9. The normalized spacial score (nSPS) is 12.8. The molecule has 0 bridgehead atoms. The molecule has 9 heteroatoms. The van der Waals surface area contributed by atoms with Gasteiger partial charge < -0.3 is 10.2 Å². The summed E-state index contributed by atoms with van der Waals surface area (Å²) in [6, 6.07) is 21.7. The van der Waals surface area contributed by atoms with Crippen molar-refractivity contribution in [1.29, 1.82) is 0 Å². The second-order valence-corrected chi connectivity index (χ2v) is 12.3. The van der Waals surface area contributed by atoms with Crippen molar-refractivity contribution in [3.63, 3.8) is 0 Å². The molecule has 0 aromatic heterocycles. The molecular formula is C32H40FN3O4S. The first-order chi connectivity index (χ1) is 19.5. The molecule has 0 unspecified atom stereocenters. The molecule has 2 atom stereocenters. The molecule has 3 rings (SSSR count). The van der Waals surface area contributed by atoms with Crippen LogP contribution in [0.5, 0.6) is 0 Å². The highest BCUT2D eigenvalue weighted by molar-refractivity contribution is 7.92. The van der Waals surface area contributed by atoms with Crippen LogP contribution in [0.25, 0.3) is 0 Å². The summed E-state index contributed by atoms with van der Waals surface area (Å²) < 4.78 is 41.2. The fourth-order valence-corrected chi connectivity index (χ4v) is 5.49. The van der Waals surface area contributed by atoms with Crippen molar-refractivity contribution in [2.45, 2.75) is 65.1 Å². The lowest BCUT2D eigenvalue weighted by Gasteiger charge is -2.33. The van der Waals surface area contributed by atoms with Crippen LogP contribution in [0.1, 0.15) is 49.8 Å². The van der Waals surface area contributed by atoms with Crippen LogP contribution in [0.15, 0.2) is 78.9 Å². The average molecular weight is 582 g/mol. The van der Waals surface area contributed by atoms with E-state index in [-0.39, 0.29) is 50.2 Å². The van der Waals surface area contributed by atoms with Gasteiger partial charge in [-0.05, 0) is 50.5 Å². The van der Waals surface area contributed by atoms with Crippen LogP contribution in [0, 0.1) is 12.7 Å². The molecule has 3 aromatic rings. The Kier molecular flexibility index (Phi) is 11.5. The summed E-state index contributed by atoms with van der Waals surface area (Å²) in [5.74, 6) is -1.13. The molecule has 3 aromatic carbocycles. The predicted molar refractivity (Wildman–Crippen MR) is 161 cm³/mol. The quantitative estimate of drug-likeness (QED) is 0.282. The van der Waals surface area contributed by atoms with Gasteiger partial charge in [-0.3, -0.25) is 13.9 Å². The zero-order valence-electron chi connectivity index (χ0n) is 24.2. The molecular weight excluding hydrogens is 541 g/mol. The van der Waals surface area contributed by atoms with Gasteiger partial charge in [-0.1, -0.05) is 73.2 Å². The topological polar surface area (TPSA) is 86.8 Å². The Morgan fingerprint density at radius 2 is 1.59 bits per heavy atom. The lowest BCUT2D eigenvalue weighted by atomic mass is 10.0. The van der Waals surface area contributed by atoms with Crippen molar-refractivity contribution in [3.8, 4) is 0 Å². The standard InChI is InChI=1S/C32H40FN3O4S/c1-5-25(3)34-32(38)30(22-26-12-7-6-8-13-26)35(23-27-14-9-10-15-29(27)33)31(37)16-11-21-36(41(4,39)40)28-19-17-24(2)18-20-28/h6-10,12-15,17-20,25,30H,5,11,16,21-23H2,1-4H3,(H,34,38)/t25-,30+/m0/s1. The molecule has 0 aliphatic carbocycles. The van der Waals surface area contributed by atoms with Gasteiger partial charge in [0.05, 0.1) is 11.9 Å². The van der Waals surface area contributed by atoms with Gasteiger partial charge in [-0.2, -0.15) is 0 Å². The minimum Gasteiger partial charge on any atom is -0.352 e. The number of nitrogens with one attached hydrogen (secondary N) is 1. The second kappa shape index (κ2) is 14.8. The van der Waals surface area contributed by atoms with Crippen LogP contribution in [0.2, 0.25) is 0 Å². The summed E-state index contributed by atoms with van der Waals surface area (Å²) in [6.07, 6.45) is 2.30. The summed E-state index contributed by atoms with van der Waals surface area (Å²) >= 11 is 0. The number of sulfonamides is 1. The largest absolute Gasteiger partial charge is 0.352 e.